The summed E-state index contributed by atoms with van der Waals surface area (Å²) in [4.78, 5) is 27.2. The Morgan fingerprint density at radius 3 is 2.92 bits per heavy atom. The quantitative estimate of drug-likeness (QED) is 0.902. The van der Waals surface area contributed by atoms with E-state index in [1.54, 1.807) is 18.7 Å². The zero-order valence-electron chi connectivity index (χ0n) is 14.1. The summed E-state index contributed by atoms with van der Waals surface area (Å²) in [6.45, 7) is 2.04. The van der Waals surface area contributed by atoms with Gasteiger partial charge in [-0.25, -0.2) is 9.97 Å². The number of anilines is 1. The fourth-order valence-corrected chi connectivity index (χ4v) is 3.14. The fourth-order valence-electron chi connectivity index (χ4n) is 3.14. The van der Waals surface area contributed by atoms with Crippen LogP contribution in [-0.2, 0) is 17.8 Å². The average Bonchev–Trinajstić information content (AvgIpc) is 3.00. The third-order valence-corrected chi connectivity index (χ3v) is 4.54. The third-order valence-electron chi connectivity index (χ3n) is 4.54. The van der Waals surface area contributed by atoms with Crippen molar-refractivity contribution < 1.29 is 4.79 Å². The molecular weight excluding hydrogens is 304 g/mol. The predicted octanol–water partition coefficient (Wildman–Crippen LogP) is 1.59. The molecule has 7 nitrogen and oxygen atoms in total. The number of hydrogen-bond acceptors (Lipinski definition) is 5. The second kappa shape index (κ2) is 7.90. The van der Waals surface area contributed by atoms with Crippen molar-refractivity contribution in [1.82, 2.24) is 24.4 Å². The minimum Gasteiger partial charge on any atom is -0.372 e. The van der Waals surface area contributed by atoms with Crippen LogP contribution in [0.1, 0.15) is 25.0 Å². The summed E-state index contributed by atoms with van der Waals surface area (Å²) in [6, 6.07) is 0. The topological polar surface area (TPSA) is 75.9 Å². The smallest absolute Gasteiger partial charge is 0.242 e. The SMILES string of the molecule is CNc1cnc(CC2CCCN(C(=O)Cn3ccnc3)CC2)cn1. The Bertz CT molecular complexity index is 640. The van der Waals surface area contributed by atoms with E-state index in [0.717, 1.165) is 50.3 Å². The molecule has 1 atom stereocenters. The maximum absolute atomic E-state index is 12.4. The highest BCUT2D eigenvalue weighted by atomic mass is 16.2. The molecule has 2 aromatic rings. The molecule has 1 aliphatic rings. The first-order valence-electron chi connectivity index (χ1n) is 8.47. The predicted molar refractivity (Wildman–Crippen MR) is 91.4 cm³/mol. The first kappa shape index (κ1) is 16.4. The number of carbonyl (C=O) groups excluding carboxylic acids is 1. The van der Waals surface area contributed by atoms with Gasteiger partial charge in [-0.1, -0.05) is 0 Å². The number of likely N-dealkylation sites (tertiary alicyclic amines) is 1. The number of rotatable bonds is 5. The number of nitrogens with zero attached hydrogens (tertiary/aromatic N) is 5. The molecule has 128 valence electrons. The molecule has 0 bridgehead atoms. The van der Waals surface area contributed by atoms with E-state index in [4.69, 9.17) is 0 Å². The monoisotopic (exact) mass is 328 g/mol. The summed E-state index contributed by atoms with van der Waals surface area (Å²) in [7, 11) is 1.84. The van der Waals surface area contributed by atoms with Gasteiger partial charge in [0.25, 0.3) is 0 Å². The molecule has 1 aliphatic heterocycles. The molecule has 0 saturated carbocycles. The molecule has 1 unspecified atom stereocenters. The largest absolute Gasteiger partial charge is 0.372 e. The number of imidazole rings is 1. The van der Waals surface area contributed by atoms with E-state index in [1.165, 1.54) is 0 Å². The van der Waals surface area contributed by atoms with Gasteiger partial charge in [0.1, 0.15) is 12.4 Å². The van der Waals surface area contributed by atoms with E-state index >= 15 is 0 Å². The van der Waals surface area contributed by atoms with Crippen molar-refractivity contribution in [2.24, 2.45) is 5.92 Å². The van der Waals surface area contributed by atoms with Gasteiger partial charge in [-0.05, 0) is 31.6 Å². The molecule has 0 spiro atoms. The molecule has 1 amide bonds. The van der Waals surface area contributed by atoms with Crippen LogP contribution in [0.15, 0.2) is 31.1 Å². The van der Waals surface area contributed by atoms with Crippen molar-refractivity contribution >= 4 is 11.7 Å². The van der Waals surface area contributed by atoms with E-state index in [1.807, 2.05) is 28.9 Å². The minimum atomic E-state index is 0.173. The summed E-state index contributed by atoms with van der Waals surface area (Å²) in [6.07, 6.45) is 13.0. The molecular formula is C17H24N6O. The van der Waals surface area contributed by atoms with Gasteiger partial charge in [0.15, 0.2) is 0 Å². The maximum atomic E-state index is 12.4. The number of aromatic nitrogens is 4. The number of nitrogens with one attached hydrogen (secondary N) is 1. The molecule has 0 aromatic carbocycles. The first-order chi connectivity index (χ1) is 11.7. The minimum absolute atomic E-state index is 0.173. The van der Waals surface area contributed by atoms with Crippen molar-refractivity contribution in [2.75, 3.05) is 25.5 Å². The van der Waals surface area contributed by atoms with Gasteiger partial charge in [0.05, 0.1) is 24.4 Å². The van der Waals surface area contributed by atoms with Crippen LogP contribution in [0.25, 0.3) is 0 Å². The van der Waals surface area contributed by atoms with Crippen LogP contribution in [0.3, 0.4) is 0 Å². The number of amides is 1. The first-order valence-corrected chi connectivity index (χ1v) is 8.47. The maximum Gasteiger partial charge on any atom is 0.242 e. The van der Waals surface area contributed by atoms with Crippen molar-refractivity contribution in [2.45, 2.75) is 32.2 Å². The van der Waals surface area contributed by atoms with E-state index in [-0.39, 0.29) is 5.91 Å². The number of carbonyl (C=O) groups is 1. The van der Waals surface area contributed by atoms with E-state index < -0.39 is 0 Å². The molecule has 1 fully saturated rings. The summed E-state index contributed by atoms with van der Waals surface area (Å²) in [5.41, 5.74) is 1.03. The molecule has 0 aliphatic carbocycles. The zero-order valence-corrected chi connectivity index (χ0v) is 14.1. The lowest BCUT2D eigenvalue weighted by molar-refractivity contribution is -0.131. The molecule has 1 N–H and O–H groups in total. The van der Waals surface area contributed by atoms with Crippen LogP contribution in [0.2, 0.25) is 0 Å². The zero-order chi connectivity index (χ0) is 16.8. The molecule has 1 saturated heterocycles. The van der Waals surface area contributed by atoms with E-state index in [2.05, 4.69) is 20.3 Å². The highest BCUT2D eigenvalue weighted by Gasteiger charge is 2.21. The Labute approximate surface area is 142 Å². The fraction of sp³-hybridized carbons (Fsp3) is 0.529. The number of hydrogen-bond donors (Lipinski definition) is 1. The molecule has 7 heteroatoms. The van der Waals surface area contributed by atoms with Gasteiger partial charge >= 0.3 is 0 Å². The summed E-state index contributed by atoms with van der Waals surface area (Å²) in [5.74, 6) is 1.52. The van der Waals surface area contributed by atoms with Crippen molar-refractivity contribution in [3.05, 3.63) is 36.8 Å². The van der Waals surface area contributed by atoms with Crippen LogP contribution in [0, 0.1) is 5.92 Å². The lowest BCUT2D eigenvalue weighted by atomic mass is 9.95. The average molecular weight is 328 g/mol. The summed E-state index contributed by atoms with van der Waals surface area (Å²) < 4.78 is 1.82. The van der Waals surface area contributed by atoms with E-state index in [9.17, 15) is 4.79 Å². The van der Waals surface area contributed by atoms with Gasteiger partial charge in [0, 0.05) is 32.5 Å². The Balaban J connectivity index is 1.51. The lowest BCUT2D eigenvalue weighted by Crippen LogP contribution is -2.34. The van der Waals surface area contributed by atoms with E-state index in [0.29, 0.717) is 12.5 Å². The molecule has 2 aromatic heterocycles. The summed E-state index contributed by atoms with van der Waals surface area (Å²) >= 11 is 0. The Morgan fingerprint density at radius 1 is 1.29 bits per heavy atom. The van der Waals surface area contributed by atoms with Crippen LogP contribution in [0.5, 0.6) is 0 Å². The second-order valence-electron chi connectivity index (χ2n) is 6.26. The van der Waals surface area contributed by atoms with Crippen LogP contribution in [0.4, 0.5) is 5.82 Å². The summed E-state index contributed by atoms with van der Waals surface area (Å²) in [5, 5.41) is 2.98. The van der Waals surface area contributed by atoms with Crippen molar-refractivity contribution in [3.8, 4) is 0 Å². The molecule has 24 heavy (non-hydrogen) atoms. The van der Waals surface area contributed by atoms with Crippen LogP contribution >= 0.6 is 0 Å². The van der Waals surface area contributed by atoms with Gasteiger partial charge in [0.2, 0.25) is 5.91 Å². The van der Waals surface area contributed by atoms with Crippen molar-refractivity contribution in [3.63, 3.8) is 0 Å². The van der Waals surface area contributed by atoms with Crippen LogP contribution in [-0.4, -0.2) is 50.5 Å². The molecule has 3 heterocycles. The normalized spacial score (nSPS) is 18.2. The van der Waals surface area contributed by atoms with Crippen molar-refractivity contribution in [1.29, 1.82) is 0 Å². The lowest BCUT2D eigenvalue weighted by Gasteiger charge is -2.20. The Kier molecular flexibility index (Phi) is 5.40. The Hall–Kier alpha value is -2.44. The standard InChI is InChI=1S/C17H24N6O/c1-18-16-11-20-15(10-21-16)9-14-3-2-6-23(7-4-14)17(24)12-22-8-5-19-13-22/h5,8,10-11,13-14H,2-4,6-7,9,12H2,1H3,(H,18,21). The highest BCUT2D eigenvalue weighted by Crippen LogP contribution is 2.21. The molecule has 3 rings (SSSR count). The van der Waals surface area contributed by atoms with Gasteiger partial charge in [-0.15, -0.1) is 0 Å². The Morgan fingerprint density at radius 2 is 2.21 bits per heavy atom. The van der Waals surface area contributed by atoms with Crippen LogP contribution < -0.4 is 5.32 Å². The highest BCUT2D eigenvalue weighted by molar-refractivity contribution is 5.76. The van der Waals surface area contributed by atoms with Gasteiger partial charge in [-0.2, -0.15) is 0 Å². The third kappa shape index (κ3) is 4.31. The van der Waals surface area contributed by atoms with Gasteiger partial charge < -0.3 is 14.8 Å². The molecule has 0 radical (unpaired) electrons. The van der Waals surface area contributed by atoms with Gasteiger partial charge in [-0.3, -0.25) is 9.78 Å². The second-order valence-corrected chi connectivity index (χ2v) is 6.26.